The van der Waals surface area contributed by atoms with Crippen LogP contribution in [0.25, 0.3) is 0 Å². The molecule has 0 aromatic heterocycles. The zero-order valence-electron chi connectivity index (χ0n) is 10.0. The molecule has 1 N–H and O–H groups in total. The second kappa shape index (κ2) is 4.83. The zero-order chi connectivity index (χ0) is 13.4. The monoisotopic (exact) mass is 278 g/mol. The van der Waals surface area contributed by atoms with Gasteiger partial charge in [0.15, 0.2) is 0 Å². The van der Waals surface area contributed by atoms with Crippen LogP contribution in [-0.2, 0) is 0 Å². The number of rotatable bonds is 1. The fourth-order valence-electron chi connectivity index (χ4n) is 2.33. The van der Waals surface area contributed by atoms with Crippen LogP contribution in [0.3, 0.4) is 0 Å². The molecular weight excluding hydrogens is 267 g/mol. The number of hydrogen-bond donors (Lipinski definition) is 1. The first-order valence-corrected chi connectivity index (χ1v) is 6.41. The molecule has 1 aliphatic rings. The first kappa shape index (κ1) is 12.5. The van der Waals surface area contributed by atoms with Gasteiger partial charge in [0.1, 0.15) is 17.7 Å². The summed E-state index contributed by atoms with van der Waals surface area (Å²) in [7, 11) is 0. The van der Waals surface area contributed by atoms with Crippen LogP contribution in [0.1, 0.15) is 29.8 Å². The van der Waals surface area contributed by atoms with Gasteiger partial charge in [-0.2, -0.15) is 0 Å². The Hall–Kier alpha value is -1.58. The van der Waals surface area contributed by atoms with Gasteiger partial charge in [-0.1, -0.05) is 23.7 Å². The average Bonchev–Trinajstić information content (AvgIpc) is 2.39. The standard InChI is InChI=1S/C15H12ClFO2/c16-10-3-1-2-9(6-10)15-8-13(18)12-7-11(17)4-5-14(12)19-15/h1-7,13,15,18H,8H2/t13-,15?/m1/s1. The highest BCUT2D eigenvalue weighted by Crippen LogP contribution is 2.41. The van der Waals surface area contributed by atoms with E-state index in [4.69, 9.17) is 16.3 Å². The van der Waals surface area contributed by atoms with Crippen LogP contribution in [-0.4, -0.2) is 5.11 Å². The SMILES string of the molecule is O[C@@H]1CC(c2cccc(Cl)c2)Oc2ccc(F)cc21. The van der Waals surface area contributed by atoms with E-state index in [2.05, 4.69) is 0 Å². The van der Waals surface area contributed by atoms with Crippen molar-refractivity contribution < 1.29 is 14.2 Å². The van der Waals surface area contributed by atoms with Gasteiger partial charge in [0, 0.05) is 17.0 Å². The summed E-state index contributed by atoms with van der Waals surface area (Å²) >= 11 is 5.95. The molecule has 0 fully saturated rings. The van der Waals surface area contributed by atoms with Crippen LogP contribution in [0, 0.1) is 5.82 Å². The molecule has 1 aliphatic heterocycles. The highest BCUT2D eigenvalue weighted by atomic mass is 35.5. The fraction of sp³-hybridized carbons (Fsp3) is 0.200. The largest absolute Gasteiger partial charge is 0.485 e. The minimum atomic E-state index is -0.733. The number of fused-ring (bicyclic) bond motifs is 1. The van der Waals surface area contributed by atoms with Crippen LogP contribution in [0.4, 0.5) is 4.39 Å². The van der Waals surface area contributed by atoms with Crippen molar-refractivity contribution in [2.75, 3.05) is 0 Å². The summed E-state index contributed by atoms with van der Waals surface area (Å²) in [6.07, 6.45) is -0.619. The lowest BCUT2D eigenvalue weighted by molar-refractivity contribution is 0.0653. The molecular formula is C15H12ClFO2. The Morgan fingerprint density at radius 3 is 2.84 bits per heavy atom. The van der Waals surface area contributed by atoms with Gasteiger partial charge in [0.2, 0.25) is 0 Å². The molecule has 0 bridgehead atoms. The third-order valence-corrected chi connectivity index (χ3v) is 3.49. The zero-order valence-corrected chi connectivity index (χ0v) is 10.8. The summed E-state index contributed by atoms with van der Waals surface area (Å²) in [5.41, 5.74) is 1.40. The molecule has 0 amide bonds. The maximum Gasteiger partial charge on any atom is 0.127 e. The third-order valence-electron chi connectivity index (χ3n) is 3.26. The van der Waals surface area contributed by atoms with Crippen LogP contribution in [0.15, 0.2) is 42.5 Å². The topological polar surface area (TPSA) is 29.5 Å². The molecule has 0 aliphatic carbocycles. The Morgan fingerprint density at radius 2 is 2.05 bits per heavy atom. The van der Waals surface area contributed by atoms with Crippen molar-refractivity contribution >= 4 is 11.6 Å². The molecule has 2 atom stereocenters. The molecule has 19 heavy (non-hydrogen) atoms. The molecule has 0 saturated carbocycles. The second-order valence-electron chi connectivity index (χ2n) is 4.60. The van der Waals surface area contributed by atoms with Crippen molar-refractivity contribution in [3.05, 3.63) is 64.4 Å². The van der Waals surface area contributed by atoms with Gasteiger partial charge in [0.05, 0.1) is 6.10 Å². The molecule has 1 heterocycles. The lowest BCUT2D eigenvalue weighted by Gasteiger charge is -2.30. The van der Waals surface area contributed by atoms with Crippen molar-refractivity contribution in [3.8, 4) is 5.75 Å². The summed E-state index contributed by atoms with van der Waals surface area (Å²) in [6, 6.07) is 11.5. The molecule has 0 spiro atoms. The summed E-state index contributed by atoms with van der Waals surface area (Å²) in [6.45, 7) is 0. The van der Waals surface area contributed by atoms with Gasteiger partial charge in [-0.25, -0.2) is 4.39 Å². The molecule has 0 saturated heterocycles. The van der Waals surface area contributed by atoms with E-state index in [0.717, 1.165) is 5.56 Å². The molecule has 2 aromatic carbocycles. The minimum absolute atomic E-state index is 0.272. The lowest BCUT2D eigenvalue weighted by Crippen LogP contribution is -2.19. The third kappa shape index (κ3) is 2.44. The molecule has 2 aromatic rings. The van der Waals surface area contributed by atoms with E-state index >= 15 is 0 Å². The van der Waals surface area contributed by atoms with Crippen molar-refractivity contribution in [1.29, 1.82) is 0 Å². The summed E-state index contributed by atoms with van der Waals surface area (Å²) in [4.78, 5) is 0. The highest BCUT2D eigenvalue weighted by molar-refractivity contribution is 6.30. The summed E-state index contributed by atoms with van der Waals surface area (Å²) in [5, 5.41) is 10.7. The highest BCUT2D eigenvalue weighted by Gasteiger charge is 2.28. The maximum atomic E-state index is 13.2. The second-order valence-corrected chi connectivity index (χ2v) is 5.03. The Bertz CT molecular complexity index is 615. The lowest BCUT2D eigenvalue weighted by atomic mass is 9.95. The smallest absolute Gasteiger partial charge is 0.127 e. The Kier molecular flexibility index (Phi) is 3.17. The van der Waals surface area contributed by atoms with Crippen molar-refractivity contribution in [3.63, 3.8) is 0 Å². The van der Waals surface area contributed by atoms with Gasteiger partial charge in [-0.15, -0.1) is 0 Å². The van der Waals surface area contributed by atoms with Crippen molar-refractivity contribution in [1.82, 2.24) is 0 Å². The molecule has 0 radical (unpaired) electrons. The van der Waals surface area contributed by atoms with Gasteiger partial charge < -0.3 is 9.84 Å². The van der Waals surface area contributed by atoms with E-state index in [1.807, 2.05) is 18.2 Å². The number of aliphatic hydroxyl groups excluding tert-OH is 1. The van der Waals surface area contributed by atoms with E-state index < -0.39 is 6.10 Å². The van der Waals surface area contributed by atoms with Crippen LogP contribution < -0.4 is 4.74 Å². The summed E-state index contributed by atoms with van der Waals surface area (Å²) < 4.78 is 19.0. The molecule has 98 valence electrons. The van der Waals surface area contributed by atoms with Gasteiger partial charge in [-0.3, -0.25) is 0 Å². The average molecular weight is 279 g/mol. The van der Waals surface area contributed by atoms with E-state index in [-0.39, 0.29) is 11.9 Å². The van der Waals surface area contributed by atoms with Gasteiger partial charge in [0.25, 0.3) is 0 Å². The van der Waals surface area contributed by atoms with Crippen molar-refractivity contribution in [2.45, 2.75) is 18.6 Å². The van der Waals surface area contributed by atoms with Crippen LogP contribution in [0.2, 0.25) is 5.02 Å². The number of benzene rings is 2. The number of halogens is 2. The van der Waals surface area contributed by atoms with E-state index in [0.29, 0.717) is 22.8 Å². The first-order chi connectivity index (χ1) is 9.13. The van der Waals surface area contributed by atoms with Crippen LogP contribution >= 0.6 is 11.6 Å². The van der Waals surface area contributed by atoms with Crippen LogP contribution in [0.5, 0.6) is 5.75 Å². The fourth-order valence-corrected chi connectivity index (χ4v) is 2.53. The normalized spacial score (nSPS) is 21.6. The summed E-state index contributed by atoms with van der Waals surface area (Å²) in [5.74, 6) is 0.146. The predicted molar refractivity (Wildman–Crippen MR) is 70.8 cm³/mol. The van der Waals surface area contributed by atoms with E-state index in [1.54, 1.807) is 12.1 Å². The van der Waals surface area contributed by atoms with Gasteiger partial charge in [-0.05, 0) is 35.9 Å². The number of aliphatic hydroxyl groups is 1. The number of hydrogen-bond acceptors (Lipinski definition) is 2. The maximum absolute atomic E-state index is 13.2. The molecule has 1 unspecified atom stereocenters. The quantitative estimate of drug-likeness (QED) is 0.853. The van der Waals surface area contributed by atoms with Crippen molar-refractivity contribution in [2.24, 2.45) is 0 Å². The first-order valence-electron chi connectivity index (χ1n) is 6.03. The van der Waals surface area contributed by atoms with E-state index in [9.17, 15) is 9.50 Å². The molecule has 4 heteroatoms. The minimum Gasteiger partial charge on any atom is -0.485 e. The number of ether oxygens (including phenoxy) is 1. The van der Waals surface area contributed by atoms with Gasteiger partial charge >= 0.3 is 0 Å². The predicted octanol–water partition coefficient (Wildman–Crippen LogP) is 4.04. The molecule has 2 nitrogen and oxygen atoms in total. The Labute approximate surface area is 115 Å². The molecule has 3 rings (SSSR count). The van der Waals surface area contributed by atoms with E-state index in [1.165, 1.54) is 12.1 Å². The Morgan fingerprint density at radius 1 is 1.21 bits per heavy atom. The Balaban J connectivity index is 1.95.